The molecule has 0 radical (unpaired) electrons. The number of hydrogen-bond acceptors (Lipinski definition) is 3. The van der Waals surface area contributed by atoms with Gasteiger partial charge in [-0.1, -0.05) is 19.3 Å². The Labute approximate surface area is 108 Å². The van der Waals surface area contributed by atoms with Crippen LogP contribution in [0.3, 0.4) is 0 Å². The van der Waals surface area contributed by atoms with Crippen molar-refractivity contribution in [3.8, 4) is 0 Å². The fourth-order valence-corrected chi connectivity index (χ4v) is 3.45. The largest absolute Gasteiger partial charge is 0.481 e. The maximum absolute atomic E-state index is 11.6. The van der Waals surface area contributed by atoms with Crippen LogP contribution in [0, 0.1) is 5.41 Å². The van der Waals surface area contributed by atoms with Crippen molar-refractivity contribution >= 4 is 16.2 Å². The zero-order valence-electron chi connectivity index (χ0n) is 10.9. The van der Waals surface area contributed by atoms with Gasteiger partial charge in [0.25, 0.3) is 10.2 Å². The first-order valence-corrected chi connectivity index (χ1v) is 7.76. The van der Waals surface area contributed by atoms with Crippen molar-refractivity contribution in [3.63, 3.8) is 0 Å². The van der Waals surface area contributed by atoms with Crippen molar-refractivity contribution in [2.75, 3.05) is 6.54 Å². The fraction of sp³-hybridized carbons (Fsp3) is 0.909. The van der Waals surface area contributed by atoms with Crippen molar-refractivity contribution in [1.82, 2.24) is 9.44 Å². The second-order valence-electron chi connectivity index (χ2n) is 5.24. The van der Waals surface area contributed by atoms with Gasteiger partial charge in [0.15, 0.2) is 0 Å². The Hall–Kier alpha value is -0.660. The zero-order valence-corrected chi connectivity index (χ0v) is 11.7. The molecule has 0 aromatic carbocycles. The minimum absolute atomic E-state index is 0.0373. The smallest absolute Gasteiger partial charge is 0.310 e. The summed E-state index contributed by atoms with van der Waals surface area (Å²) in [6.07, 6.45) is 3.77. The van der Waals surface area contributed by atoms with Crippen LogP contribution in [0.1, 0.15) is 46.0 Å². The second-order valence-corrected chi connectivity index (χ2v) is 6.77. The Bertz CT molecular complexity index is 386. The van der Waals surface area contributed by atoms with E-state index in [1.165, 1.54) is 0 Å². The molecule has 0 heterocycles. The van der Waals surface area contributed by atoms with E-state index in [1.807, 2.05) is 0 Å². The summed E-state index contributed by atoms with van der Waals surface area (Å²) in [5, 5.41) is 9.31. The first-order chi connectivity index (χ1) is 8.27. The molecule has 1 fully saturated rings. The van der Waals surface area contributed by atoms with Gasteiger partial charge in [0.2, 0.25) is 0 Å². The first kappa shape index (κ1) is 15.4. The number of hydrogen-bond donors (Lipinski definition) is 3. The van der Waals surface area contributed by atoms with Crippen LogP contribution in [0.2, 0.25) is 0 Å². The van der Waals surface area contributed by atoms with Gasteiger partial charge < -0.3 is 5.11 Å². The molecule has 1 aliphatic rings. The van der Waals surface area contributed by atoms with Gasteiger partial charge in [0, 0.05) is 12.6 Å². The van der Waals surface area contributed by atoms with Gasteiger partial charge in [-0.25, -0.2) is 4.72 Å². The van der Waals surface area contributed by atoms with Gasteiger partial charge in [-0.15, -0.1) is 0 Å². The topological polar surface area (TPSA) is 95.5 Å². The van der Waals surface area contributed by atoms with Crippen molar-refractivity contribution in [2.24, 2.45) is 5.41 Å². The predicted molar refractivity (Wildman–Crippen MR) is 68.3 cm³/mol. The summed E-state index contributed by atoms with van der Waals surface area (Å²) >= 11 is 0. The standard InChI is InChI=1S/C11H22N2O4S/c1-9(2)13-18(16,17)12-8-11(10(14)15)6-4-3-5-7-11/h9,12-13H,3-8H2,1-2H3,(H,14,15). The van der Waals surface area contributed by atoms with E-state index < -0.39 is 21.6 Å². The van der Waals surface area contributed by atoms with Crippen molar-refractivity contribution < 1.29 is 18.3 Å². The van der Waals surface area contributed by atoms with Crippen molar-refractivity contribution in [2.45, 2.75) is 52.0 Å². The maximum atomic E-state index is 11.6. The molecular weight excluding hydrogens is 256 g/mol. The lowest BCUT2D eigenvalue weighted by Gasteiger charge is -2.33. The molecule has 0 spiro atoms. The van der Waals surface area contributed by atoms with E-state index in [0.717, 1.165) is 19.3 Å². The van der Waals surface area contributed by atoms with E-state index in [2.05, 4.69) is 9.44 Å². The van der Waals surface area contributed by atoms with Gasteiger partial charge >= 0.3 is 5.97 Å². The van der Waals surface area contributed by atoms with Gasteiger partial charge in [-0.2, -0.15) is 13.1 Å². The summed E-state index contributed by atoms with van der Waals surface area (Å²) in [5.74, 6) is -0.908. The van der Waals surface area contributed by atoms with E-state index in [-0.39, 0.29) is 12.6 Å². The predicted octanol–water partition coefficient (Wildman–Crippen LogP) is 0.854. The molecule has 3 N–H and O–H groups in total. The molecule has 0 bridgehead atoms. The normalized spacial score (nSPS) is 19.9. The van der Waals surface area contributed by atoms with Crippen molar-refractivity contribution in [3.05, 3.63) is 0 Å². The summed E-state index contributed by atoms with van der Waals surface area (Å²) in [6, 6.07) is -0.213. The minimum atomic E-state index is -3.62. The van der Waals surface area contributed by atoms with Crippen LogP contribution >= 0.6 is 0 Å². The highest BCUT2D eigenvalue weighted by Crippen LogP contribution is 2.36. The third-order valence-corrected chi connectivity index (χ3v) is 4.56. The molecule has 0 saturated heterocycles. The lowest BCUT2D eigenvalue weighted by Crippen LogP contribution is -2.48. The van der Waals surface area contributed by atoms with E-state index in [4.69, 9.17) is 0 Å². The summed E-state index contributed by atoms with van der Waals surface area (Å²) in [7, 11) is -3.62. The highest BCUT2D eigenvalue weighted by Gasteiger charge is 2.40. The molecule has 0 aromatic heterocycles. The van der Waals surface area contributed by atoms with E-state index in [9.17, 15) is 18.3 Å². The number of nitrogens with one attached hydrogen (secondary N) is 2. The summed E-state index contributed by atoms with van der Waals surface area (Å²) in [6.45, 7) is 3.39. The molecule has 0 atom stereocenters. The van der Waals surface area contributed by atoms with E-state index >= 15 is 0 Å². The zero-order chi connectivity index (χ0) is 13.8. The van der Waals surface area contributed by atoms with Crippen LogP contribution in [0.5, 0.6) is 0 Å². The van der Waals surface area contributed by atoms with Gasteiger partial charge in [0.05, 0.1) is 5.41 Å². The third-order valence-electron chi connectivity index (χ3n) is 3.26. The van der Waals surface area contributed by atoms with Crippen LogP contribution in [0.4, 0.5) is 0 Å². The Morgan fingerprint density at radius 2 is 1.83 bits per heavy atom. The molecule has 6 nitrogen and oxygen atoms in total. The number of carboxylic acids is 1. The van der Waals surface area contributed by atoms with Crippen LogP contribution in [-0.2, 0) is 15.0 Å². The minimum Gasteiger partial charge on any atom is -0.481 e. The number of carbonyl (C=O) groups is 1. The van der Waals surface area contributed by atoms with Gasteiger partial charge in [-0.3, -0.25) is 4.79 Å². The molecule has 0 unspecified atom stereocenters. The Balaban J connectivity index is 2.66. The third kappa shape index (κ3) is 4.22. The molecule has 0 amide bonds. The van der Waals surface area contributed by atoms with Crippen molar-refractivity contribution in [1.29, 1.82) is 0 Å². The second kappa shape index (κ2) is 5.99. The Morgan fingerprint density at radius 1 is 1.28 bits per heavy atom. The van der Waals surface area contributed by atoms with Gasteiger partial charge in [-0.05, 0) is 26.7 Å². The molecule has 106 valence electrons. The van der Waals surface area contributed by atoms with Crippen LogP contribution in [0.15, 0.2) is 0 Å². The summed E-state index contributed by atoms with van der Waals surface area (Å²) in [5.41, 5.74) is -0.940. The monoisotopic (exact) mass is 278 g/mol. The highest BCUT2D eigenvalue weighted by molar-refractivity contribution is 7.87. The fourth-order valence-electron chi connectivity index (χ4n) is 2.28. The first-order valence-electron chi connectivity index (χ1n) is 6.28. The number of aliphatic carboxylic acids is 1. The molecule has 0 aliphatic heterocycles. The van der Waals surface area contributed by atoms with E-state index in [0.29, 0.717) is 12.8 Å². The van der Waals surface area contributed by atoms with Crippen LogP contribution in [0.25, 0.3) is 0 Å². The molecule has 7 heteroatoms. The Kier molecular flexibility index (Phi) is 5.12. The Morgan fingerprint density at radius 3 is 2.28 bits per heavy atom. The molecule has 1 aliphatic carbocycles. The maximum Gasteiger partial charge on any atom is 0.310 e. The number of carboxylic acid groups (broad SMARTS) is 1. The molecule has 1 saturated carbocycles. The average Bonchev–Trinajstić information content (AvgIpc) is 2.26. The van der Waals surface area contributed by atoms with Crippen LogP contribution < -0.4 is 9.44 Å². The van der Waals surface area contributed by atoms with E-state index in [1.54, 1.807) is 13.8 Å². The SMILES string of the molecule is CC(C)NS(=O)(=O)NCC1(C(=O)O)CCCCC1. The molecule has 0 aromatic rings. The van der Waals surface area contributed by atoms with Crippen LogP contribution in [-0.4, -0.2) is 32.1 Å². The molecule has 18 heavy (non-hydrogen) atoms. The lowest BCUT2D eigenvalue weighted by molar-refractivity contribution is -0.150. The molecule has 1 rings (SSSR count). The highest BCUT2D eigenvalue weighted by atomic mass is 32.2. The average molecular weight is 278 g/mol. The lowest BCUT2D eigenvalue weighted by atomic mass is 9.74. The summed E-state index contributed by atoms with van der Waals surface area (Å²) in [4.78, 5) is 11.4. The quantitative estimate of drug-likeness (QED) is 0.671. The number of rotatable bonds is 6. The molecular formula is C11H22N2O4S. The van der Waals surface area contributed by atoms with Gasteiger partial charge in [0.1, 0.15) is 0 Å². The summed E-state index contributed by atoms with van der Waals surface area (Å²) < 4.78 is 28.0.